The van der Waals surface area contributed by atoms with E-state index in [1.807, 2.05) is 0 Å². The molecule has 2 rings (SSSR count). The molecule has 0 bridgehead atoms. The first-order valence-corrected chi connectivity index (χ1v) is 9.31. The summed E-state index contributed by atoms with van der Waals surface area (Å²) in [5, 5.41) is 7.56. The monoisotopic (exact) mass is 437 g/mol. The number of ether oxygens (including phenoxy) is 2. The van der Waals surface area contributed by atoms with Crippen molar-refractivity contribution in [2.24, 2.45) is 5.10 Å². The Morgan fingerprint density at radius 1 is 1.07 bits per heavy atom. The van der Waals surface area contributed by atoms with E-state index in [0.717, 1.165) is 0 Å². The van der Waals surface area contributed by atoms with Gasteiger partial charge in [-0.3, -0.25) is 9.59 Å². The van der Waals surface area contributed by atoms with Gasteiger partial charge in [0.25, 0.3) is 5.91 Å². The van der Waals surface area contributed by atoms with Crippen LogP contribution in [0.4, 0.5) is 5.69 Å². The van der Waals surface area contributed by atoms with Crippen LogP contribution in [0, 0.1) is 6.92 Å². The molecule has 0 aliphatic carbocycles. The maximum absolute atomic E-state index is 12.3. The van der Waals surface area contributed by atoms with Crippen molar-refractivity contribution >= 4 is 46.4 Å². The Hall–Kier alpha value is -2.77. The largest absolute Gasteiger partial charge is 0.497 e. The summed E-state index contributed by atoms with van der Waals surface area (Å²) in [6.07, 6.45) is -0.0281. The van der Waals surface area contributed by atoms with Gasteiger partial charge in [0.2, 0.25) is 5.91 Å². The van der Waals surface area contributed by atoms with Crippen molar-refractivity contribution in [3.8, 4) is 11.5 Å². The number of nitrogens with one attached hydrogen (secondary N) is 2. The smallest absolute Gasteiger partial charge is 0.271 e. The fourth-order valence-electron chi connectivity index (χ4n) is 2.37. The van der Waals surface area contributed by atoms with E-state index in [2.05, 4.69) is 15.8 Å². The molecule has 0 saturated heterocycles. The molecule has 0 heterocycles. The Bertz CT molecular complexity index is 939. The summed E-state index contributed by atoms with van der Waals surface area (Å²) >= 11 is 12.2. The lowest BCUT2D eigenvalue weighted by Gasteiger charge is -2.10. The Balaban J connectivity index is 2.00. The van der Waals surface area contributed by atoms with Gasteiger partial charge in [-0.25, -0.2) is 5.43 Å². The summed E-state index contributed by atoms with van der Waals surface area (Å²) in [5.74, 6) is 0.167. The molecule has 0 fully saturated rings. The minimum Gasteiger partial charge on any atom is -0.497 e. The molecule has 0 saturated carbocycles. The summed E-state index contributed by atoms with van der Waals surface area (Å²) in [6.45, 7) is 3.39. The van der Waals surface area contributed by atoms with Crippen LogP contribution in [0.2, 0.25) is 10.0 Å². The fourth-order valence-corrected chi connectivity index (χ4v) is 2.79. The van der Waals surface area contributed by atoms with Crippen LogP contribution < -0.4 is 20.2 Å². The summed E-state index contributed by atoms with van der Waals surface area (Å²) < 4.78 is 10.3. The molecular formula is C20H21Cl2N3O4. The molecule has 9 heteroatoms. The molecule has 0 unspecified atom stereocenters. The normalized spacial score (nSPS) is 11.0. The molecule has 0 spiro atoms. The number of halogens is 2. The summed E-state index contributed by atoms with van der Waals surface area (Å²) in [5.41, 5.74) is 4.27. The summed E-state index contributed by atoms with van der Waals surface area (Å²) in [4.78, 5) is 24.5. The molecule has 0 aromatic heterocycles. The van der Waals surface area contributed by atoms with Crippen LogP contribution in [0.15, 0.2) is 35.4 Å². The number of hydrazone groups is 1. The van der Waals surface area contributed by atoms with E-state index in [-0.39, 0.29) is 12.3 Å². The number of nitrogens with zero attached hydrogens (tertiary/aromatic N) is 1. The van der Waals surface area contributed by atoms with Gasteiger partial charge in [0.15, 0.2) is 0 Å². The van der Waals surface area contributed by atoms with Gasteiger partial charge in [0, 0.05) is 22.4 Å². The second kappa shape index (κ2) is 10.1. The lowest BCUT2D eigenvalue weighted by atomic mass is 10.2. The highest BCUT2D eigenvalue weighted by Gasteiger charge is 2.12. The number of benzene rings is 2. The van der Waals surface area contributed by atoms with E-state index in [0.29, 0.717) is 44.1 Å². The molecular weight excluding hydrogens is 417 g/mol. The Labute approximate surface area is 179 Å². The number of hydrogen-bond acceptors (Lipinski definition) is 5. The molecule has 0 radical (unpaired) electrons. The number of methoxy groups -OCH3 is 2. The van der Waals surface area contributed by atoms with Crippen LogP contribution in [0.25, 0.3) is 0 Å². The number of rotatable bonds is 7. The third kappa shape index (κ3) is 6.10. The van der Waals surface area contributed by atoms with Crippen molar-refractivity contribution in [3.05, 3.63) is 51.5 Å². The molecule has 0 aliphatic rings. The zero-order valence-electron chi connectivity index (χ0n) is 16.4. The molecule has 154 valence electrons. The van der Waals surface area contributed by atoms with Gasteiger partial charge in [0.1, 0.15) is 11.5 Å². The second-order valence-electron chi connectivity index (χ2n) is 6.15. The number of amides is 2. The van der Waals surface area contributed by atoms with E-state index < -0.39 is 5.91 Å². The maximum atomic E-state index is 12.3. The summed E-state index contributed by atoms with van der Waals surface area (Å²) in [6, 6.07) is 8.04. The standard InChI is InChI=1S/C20H21Cl2N3O4/c1-11(7-18(26)23-17-6-5-16(21)12(2)19(17)22)24-25-20(27)13-8-14(28-3)10-15(9-13)29-4/h5-6,8-10H,7H2,1-4H3,(H,23,26)(H,25,27)/b24-11+. The zero-order chi connectivity index (χ0) is 21.6. The van der Waals surface area contributed by atoms with Gasteiger partial charge >= 0.3 is 0 Å². The number of hydrogen-bond donors (Lipinski definition) is 2. The highest BCUT2D eigenvalue weighted by atomic mass is 35.5. The average Bonchev–Trinajstić information content (AvgIpc) is 2.71. The number of anilines is 1. The minimum atomic E-state index is -0.460. The first kappa shape index (κ1) is 22.5. The topological polar surface area (TPSA) is 89.0 Å². The van der Waals surface area contributed by atoms with Crippen molar-refractivity contribution in [1.29, 1.82) is 0 Å². The first-order valence-electron chi connectivity index (χ1n) is 8.56. The van der Waals surface area contributed by atoms with E-state index in [4.69, 9.17) is 32.7 Å². The van der Waals surface area contributed by atoms with Crippen LogP contribution in [0.5, 0.6) is 11.5 Å². The predicted molar refractivity (Wildman–Crippen MR) is 115 cm³/mol. The van der Waals surface area contributed by atoms with E-state index in [1.54, 1.807) is 44.2 Å². The third-order valence-electron chi connectivity index (χ3n) is 3.97. The minimum absolute atomic E-state index is 0.0281. The average molecular weight is 438 g/mol. The molecule has 7 nitrogen and oxygen atoms in total. The van der Waals surface area contributed by atoms with Crippen molar-refractivity contribution in [2.75, 3.05) is 19.5 Å². The van der Waals surface area contributed by atoms with E-state index >= 15 is 0 Å². The fraction of sp³-hybridized carbons (Fsp3) is 0.250. The van der Waals surface area contributed by atoms with Crippen LogP contribution >= 0.6 is 23.2 Å². The number of carbonyl (C=O) groups is 2. The maximum Gasteiger partial charge on any atom is 0.271 e. The quantitative estimate of drug-likeness (QED) is 0.494. The van der Waals surface area contributed by atoms with Crippen LogP contribution in [-0.2, 0) is 4.79 Å². The molecule has 2 N–H and O–H groups in total. The molecule has 29 heavy (non-hydrogen) atoms. The van der Waals surface area contributed by atoms with Gasteiger partial charge in [0.05, 0.1) is 31.4 Å². The van der Waals surface area contributed by atoms with E-state index in [1.165, 1.54) is 14.2 Å². The Morgan fingerprint density at radius 2 is 1.69 bits per heavy atom. The van der Waals surface area contributed by atoms with Crippen LogP contribution in [-0.4, -0.2) is 31.7 Å². The lowest BCUT2D eigenvalue weighted by molar-refractivity contribution is -0.115. The molecule has 2 aromatic rings. The molecule has 0 atom stereocenters. The molecule has 2 aromatic carbocycles. The van der Waals surface area contributed by atoms with Gasteiger partial charge in [-0.15, -0.1) is 0 Å². The SMILES string of the molecule is COc1cc(OC)cc(C(=O)N/N=C(\C)CC(=O)Nc2ccc(Cl)c(C)c2Cl)c1. The lowest BCUT2D eigenvalue weighted by Crippen LogP contribution is -2.21. The third-order valence-corrected chi connectivity index (χ3v) is 4.87. The number of carbonyl (C=O) groups excluding carboxylic acids is 2. The first-order chi connectivity index (χ1) is 13.7. The van der Waals surface area contributed by atoms with Crippen LogP contribution in [0.1, 0.15) is 29.3 Å². The highest BCUT2D eigenvalue weighted by molar-refractivity contribution is 6.38. The van der Waals surface area contributed by atoms with Gasteiger partial charge < -0.3 is 14.8 Å². The van der Waals surface area contributed by atoms with Crippen LogP contribution in [0.3, 0.4) is 0 Å². The van der Waals surface area contributed by atoms with Gasteiger partial charge in [-0.1, -0.05) is 23.2 Å². The molecule has 2 amide bonds. The van der Waals surface area contributed by atoms with E-state index in [9.17, 15) is 9.59 Å². The predicted octanol–water partition coefficient (Wildman–Crippen LogP) is 4.45. The summed E-state index contributed by atoms with van der Waals surface area (Å²) in [7, 11) is 2.98. The van der Waals surface area contributed by atoms with Crippen molar-refractivity contribution < 1.29 is 19.1 Å². The van der Waals surface area contributed by atoms with Gasteiger partial charge in [-0.2, -0.15) is 5.10 Å². The Morgan fingerprint density at radius 3 is 2.28 bits per heavy atom. The zero-order valence-corrected chi connectivity index (χ0v) is 17.9. The Kier molecular flexibility index (Phi) is 7.87. The highest BCUT2D eigenvalue weighted by Crippen LogP contribution is 2.30. The molecule has 0 aliphatic heterocycles. The second-order valence-corrected chi connectivity index (χ2v) is 6.93. The van der Waals surface area contributed by atoms with Gasteiger partial charge in [-0.05, 0) is 43.7 Å². The van der Waals surface area contributed by atoms with Crippen molar-refractivity contribution in [3.63, 3.8) is 0 Å². The van der Waals surface area contributed by atoms with Crippen molar-refractivity contribution in [1.82, 2.24) is 5.43 Å². The van der Waals surface area contributed by atoms with Crippen molar-refractivity contribution in [2.45, 2.75) is 20.3 Å².